The molecule has 0 aliphatic heterocycles. The number of nitrogens with zero attached hydrogens (tertiary/aromatic N) is 1. The second-order valence-corrected chi connectivity index (χ2v) is 7.54. The van der Waals surface area contributed by atoms with Crippen LogP contribution in [0.2, 0.25) is 0 Å². The predicted octanol–water partition coefficient (Wildman–Crippen LogP) is 2.52. The molecule has 0 bridgehead atoms. The zero-order valence-corrected chi connectivity index (χ0v) is 15.0. The highest BCUT2D eigenvalue weighted by molar-refractivity contribution is 7.89. The van der Waals surface area contributed by atoms with Crippen LogP contribution in [0.5, 0.6) is 5.75 Å². The van der Waals surface area contributed by atoms with E-state index in [9.17, 15) is 17.2 Å². The van der Waals surface area contributed by atoms with E-state index < -0.39 is 23.1 Å². The largest absolute Gasteiger partial charge is 0.488 e. The van der Waals surface area contributed by atoms with Gasteiger partial charge < -0.3 is 10.5 Å². The van der Waals surface area contributed by atoms with Crippen LogP contribution in [-0.4, -0.2) is 45.4 Å². The van der Waals surface area contributed by atoms with Crippen molar-refractivity contribution in [1.29, 1.82) is 0 Å². The summed E-state index contributed by atoms with van der Waals surface area (Å²) in [6, 6.07) is 15.0. The Labute approximate surface area is 152 Å². The Kier molecular flexibility index (Phi) is 7.50. The summed E-state index contributed by atoms with van der Waals surface area (Å²) in [4.78, 5) is 0.0726. The van der Waals surface area contributed by atoms with E-state index in [2.05, 4.69) is 0 Å². The van der Waals surface area contributed by atoms with Gasteiger partial charge in [0.15, 0.2) is 0 Å². The molecule has 0 atom stereocenters. The van der Waals surface area contributed by atoms with Gasteiger partial charge in [-0.05, 0) is 36.2 Å². The zero-order valence-electron chi connectivity index (χ0n) is 14.2. The van der Waals surface area contributed by atoms with Gasteiger partial charge in [0.25, 0.3) is 6.43 Å². The molecule has 0 aromatic heterocycles. The maximum atomic E-state index is 12.8. The summed E-state index contributed by atoms with van der Waals surface area (Å²) in [5.41, 5.74) is 6.60. The molecule has 2 aromatic carbocycles. The molecule has 0 aliphatic carbocycles. The summed E-state index contributed by atoms with van der Waals surface area (Å²) < 4.78 is 56.2. The van der Waals surface area contributed by atoms with Crippen LogP contribution in [0, 0.1) is 0 Å². The van der Waals surface area contributed by atoms with E-state index in [0.717, 1.165) is 5.56 Å². The fourth-order valence-electron chi connectivity index (χ4n) is 2.41. The highest BCUT2D eigenvalue weighted by Crippen LogP contribution is 2.20. The minimum Gasteiger partial charge on any atom is -0.488 e. The van der Waals surface area contributed by atoms with Crippen molar-refractivity contribution in [3.63, 3.8) is 0 Å². The van der Waals surface area contributed by atoms with E-state index in [-0.39, 0.29) is 23.7 Å². The Morgan fingerprint density at radius 2 is 1.65 bits per heavy atom. The summed E-state index contributed by atoms with van der Waals surface area (Å²) in [5, 5.41) is 0. The second kappa shape index (κ2) is 9.61. The molecule has 26 heavy (non-hydrogen) atoms. The Bertz CT molecular complexity index is 769. The molecule has 0 radical (unpaired) electrons. The molecule has 0 aliphatic rings. The first-order chi connectivity index (χ1) is 12.4. The monoisotopic (exact) mass is 384 g/mol. The standard InChI is InChI=1S/C18H22F2N2O3S/c19-18(20)14-25-16-6-8-17(9-7-16)26(23,24)22(13-11-21)12-10-15-4-2-1-3-5-15/h1-9,18H,10-14,21H2. The smallest absolute Gasteiger partial charge is 0.272 e. The SMILES string of the molecule is NCCN(CCc1ccccc1)S(=O)(=O)c1ccc(OCC(F)F)cc1. The van der Waals surface area contributed by atoms with E-state index in [1.165, 1.54) is 28.6 Å². The average molecular weight is 384 g/mol. The molecule has 0 saturated carbocycles. The molecule has 5 nitrogen and oxygen atoms in total. The quantitative estimate of drug-likeness (QED) is 0.683. The number of alkyl halides is 2. The fourth-order valence-corrected chi connectivity index (χ4v) is 3.87. The summed E-state index contributed by atoms with van der Waals surface area (Å²) in [7, 11) is -3.73. The first kappa shape index (κ1) is 20.3. The molecule has 0 spiro atoms. The first-order valence-electron chi connectivity index (χ1n) is 8.18. The number of hydrogen-bond donors (Lipinski definition) is 1. The molecular weight excluding hydrogens is 362 g/mol. The maximum Gasteiger partial charge on any atom is 0.272 e. The van der Waals surface area contributed by atoms with Crippen LogP contribution >= 0.6 is 0 Å². The van der Waals surface area contributed by atoms with E-state index in [0.29, 0.717) is 13.0 Å². The number of nitrogens with two attached hydrogens (primary N) is 1. The minimum absolute atomic E-state index is 0.0726. The van der Waals surface area contributed by atoms with Crippen LogP contribution in [0.25, 0.3) is 0 Å². The predicted molar refractivity (Wildman–Crippen MR) is 95.9 cm³/mol. The van der Waals surface area contributed by atoms with Gasteiger partial charge in [0.1, 0.15) is 12.4 Å². The van der Waals surface area contributed by atoms with Gasteiger partial charge in [-0.3, -0.25) is 0 Å². The van der Waals surface area contributed by atoms with Crippen molar-refractivity contribution < 1.29 is 21.9 Å². The lowest BCUT2D eigenvalue weighted by atomic mass is 10.1. The molecule has 142 valence electrons. The average Bonchev–Trinajstić information content (AvgIpc) is 2.64. The zero-order chi connectivity index (χ0) is 19.0. The van der Waals surface area contributed by atoms with E-state index in [1.54, 1.807) is 0 Å². The number of ether oxygens (including phenoxy) is 1. The molecule has 0 heterocycles. The lowest BCUT2D eigenvalue weighted by Gasteiger charge is -2.21. The normalized spacial score (nSPS) is 11.9. The Morgan fingerprint density at radius 1 is 1.00 bits per heavy atom. The summed E-state index contributed by atoms with van der Waals surface area (Å²) in [6.07, 6.45) is -2.02. The molecule has 2 aromatic rings. The lowest BCUT2D eigenvalue weighted by molar-refractivity contribution is 0.0819. The Morgan fingerprint density at radius 3 is 2.23 bits per heavy atom. The highest BCUT2D eigenvalue weighted by Gasteiger charge is 2.23. The third-order valence-electron chi connectivity index (χ3n) is 3.71. The van der Waals surface area contributed by atoms with E-state index in [4.69, 9.17) is 10.5 Å². The van der Waals surface area contributed by atoms with Crippen molar-refractivity contribution in [2.45, 2.75) is 17.7 Å². The topological polar surface area (TPSA) is 72.6 Å². The first-order valence-corrected chi connectivity index (χ1v) is 9.62. The molecular formula is C18H22F2N2O3S. The van der Waals surface area contributed by atoms with Gasteiger partial charge in [0, 0.05) is 19.6 Å². The van der Waals surface area contributed by atoms with Crippen molar-refractivity contribution in [2.24, 2.45) is 5.73 Å². The molecule has 2 N–H and O–H groups in total. The van der Waals surface area contributed by atoms with E-state index >= 15 is 0 Å². The van der Waals surface area contributed by atoms with Crippen LogP contribution in [0.3, 0.4) is 0 Å². The van der Waals surface area contributed by atoms with Crippen molar-refractivity contribution in [2.75, 3.05) is 26.2 Å². The fraction of sp³-hybridized carbons (Fsp3) is 0.333. The molecule has 0 saturated heterocycles. The van der Waals surface area contributed by atoms with Crippen LogP contribution in [0.4, 0.5) is 8.78 Å². The molecule has 0 fully saturated rings. The van der Waals surface area contributed by atoms with Crippen molar-refractivity contribution in [1.82, 2.24) is 4.31 Å². The summed E-state index contributed by atoms with van der Waals surface area (Å²) in [6.45, 7) is -0.0436. The van der Waals surface area contributed by atoms with Gasteiger partial charge in [0.05, 0.1) is 4.90 Å². The van der Waals surface area contributed by atoms with E-state index in [1.807, 2.05) is 30.3 Å². The van der Waals surface area contributed by atoms with Gasteiger partial charge in [-0.25, -0.2) is 17.2 Å². The molecule has 8 heteroatoms. The summed E-state index contributed by atoms with van der Waals surface area (Å²) >= 11 is 0. The van der Waals surface area contributed by atoms with Gasteiger partial charge in [-0.1, -0.05) is 30.3 Å². The number of hydrogen-bond acceptors (Lipinski definition) is 4. The number of benzene rings is 2. The number of sulfonamides is 1. The lowest BCUT2D eigenvalue weighted by Crippen LogP contribution is -2.36. The number of rotatable bonds is 10. The van der Waals surface area contributed by atoms with Crippen LogP contribution in [0.15, 0.2) is 59.5 Å². The van der Waals surface area contributed by atoms with Crippen LogP contribution in [-0.2, 0) is 16.4 Å². The van der Waals surface area contributed by atoms with Gasteiger partial charge in [-0.2, -0.15) is 4.31 Å². The molecule has 0 unspecified atom stereocenters. The minimum atomic E-state index is -3.73. The van der Waals surface area contributed by atoms with Gasteiger partial charge in [0.2, 0.25) is 10.0 Å². The summed E-state index contributed by atoms with van der Waals surface area (Å²) in [5.74, 6) is 0.193. The molecule has 0 amide bonds. The Hall–Kier alpha value is -2.03. The van der Waals surface area contributed by atoms with Crippen LogP contribution in [0.1, 0.15) is 5.56 Å². The van der Waals surface area contributed by atoms with Gasteiger partial charge >= 0.3 is 0 Å². The Balaban J connectivity index is 2.10. The molecule has 2 rings (SSSR count). The van der Waals surface area contributed by atoms with Crippen molar-refractivity contribution in [3.05, 3.63) is 60.2 Å². The number of halogens is 2. The highest BCUT2D eigenvalue weighted by atomic mass is 32.2. The third-order valence-corrected chi connectivity index (χ3v) is 5.62. The maximum absolute atomic E-state index is 12.8. The van der Waals surface area contributed by atoms with Crippen LogP contribution < -0.4 is 10.5 Å². The second-order valence-electron chi connectivity index (χ2n) is 5.60. The van der Waals surface area contributed by atoms with Gasteiger partial charge in [-0.15, -0.1) is 0 Å². The third kappa shape index (κ3) is 5.76. The van der Waals surface area contributed by atoms with Crippen molar-refractivity contribution >= 4 is 10.0 Å². The van der Waals surface area contributed by atoms with Crippen molar-refractivity contribution in [3.8, 4) is 5.75 Å².